The molecule has 0 saturated carbocycles. The quantitative estimate of drug-likeness (QED) is 0.163. The monoisotopic (exact) mass is 561 g/mol. The maximum Gasteiger partial charge on any atom is 0.332 e. The fourth-order valence-corrected chi connectivity index (χ4v) is 9.01. The summed E-state index contributed by atoms with van der Waals surface area (Å²) in [5.74, 6) is 0.160. The molecule has 0 aromatic heterocycles. The number of β-lactam (4-membered cyclic amide) rings is 1. The van der Waals surface area contributed by atoms with Gasteiger partial charge in [0.2, 0.25) is 5.91 Å². The van der Waals surface area contributed by atoms with E-state index >= 15 is 0 Å². The second-order valence-corrected chi connectivity index (χ2v) is 13.1. The van der Waals surface area contributed by atoms with Crippen molar-refractivity contribution in [1.82, 2.24) is 0 Å². The second kappa shape index (κ2) is 12.8. The van der Waals surface area contributed by atoms with Crippen molar-refractivity contribution in [3.8, 4) is 0 Å². The summed E-state index contributed by atoms with van der Waals surface area (Å²) in [4.78, 5) is 51.2. The van der Waals surface area contributed by atoms with E-state index in [4.69, 9.17) is 4.74 Å². The van der Waals surface area contributed by atoms with Gasteiger partial charge in [0.05, 0.1) is 12.8 Å². The Hall–Kier alpha value is -3.87. The lowest BCUT2D eigenvalue weighted by Gasteiger charge is -2.40. The summed E-state index contributed by atoms with van der Waals surface area (Å²) in [6.45, 7) is -1.33. The lowest BCUT2D eigenvalue weighted by molar-refractivity contribution is -0.140. The second-order valence-electron chi connectivity index (χ2n) is 8.72. The molecule has 0 aliphatic carbocycles. The molecule has 9 heteroatoms. The highest BCUT2D eigenvalue weighted by molar-refractivity contribution is 8.03. The Morgan fingerprint density at radius 3 is 2.08 bits per heavy atom. The first-order valence-electron chi connectivity index (χ1n) is 12.2. The van der Waals surface area contributed by atoms with Crippen molar-refractivity contribution in [3.05, 3.63) is 96.4 Å². The van der Waals surface area contributed by atoms with Crippen LogP contribution in [0.15, 0.2) is 96.4 Å². The number of thioether (sulfide) groups is 1. The topological polar surface area (TPSA) is 90.0 Å². The van der Waals surface area contributed by atoms with Gasteiger partial charge in [0.25, 0.3) is 0 Å². The highest BCUT2D eigenvalue weighted by Crippen LogP contribution is 2.47. The van der Waals surface area contributed by atoms with Crippen molar-refractivity contribution >= 4 is 69.7 Å². The zero-order chi connectivity index (χ0) is 27.8. The van der Waals surface area contributed by atoms with Gasteiger partial charge in [-0.15, -0.1) is 11.8 Å². The van der Waals surface area contributed by atoms with Gasteiger partial charge in [-0.1, -0.05) is 78.9 Å². The van der Waals surface area contributed by atoms with Crippen molar-refractivity contribution in [1.29, 1.82) is 0 Å². The van der Waals surface area contributed by atoms with E-state index in [1.807, 2.05) is 84.9 Å². The van der Waals surface area contributed by atoms with E-state index in [9.17, 15) is 19.2 Å². The summed E-state index contributed by atoms with van der Waals surface area (Å²) in [5, 5.41) is 3.86. The van der Waals surface area contributed by atoms with Crippen LogP contribution in [0.2, 0.25) is 0 Å². The number of amides is 1. The number of nitrogens with zero attached hydrogens (tertiary/aromatic N) is 1. The molecule has 0 N–H and O–H groups in total. The number of methoxy groups -OCH3 is 1. The molecular weight excluding hydrogens is 533 g/mol. The van der Waals surface area contributed by atoms with Gasteiger partial charge in [0, 0.05) is 23.7 Å². The van der Waals surface area contributed by atoms with Crippen LogP contribution in [-0.2, 0) is 28.7 Å². The third-order valence-electron chi connectivity index (χ3n) is 6.13. The van der Waals surface area contributed by atoms with Crippen molar-refractivity contribution in [3.63, 3.8) is 0 Å². The smallest absolute Gasteiger partial charge is 0.332 e. The highest BCUT2D eigenvalue weighted by atomic mass is 32.2. The summed E-state index contributed by atoms with van der Waals surface area (Å²) in [6.07, 6.45) is 1.29. The largest absolute Gasteiger partial charge is 0.466 e. The van der Waals surface area contributed by atoms with Gasteiger partial charge < -0.3 is 14.4 Å². The van der Waals surface area contributed by atoms with Crippen LogP contribution in [0.5, 0.6) is 0 Å². The average Bonchev–Trinajstić information content (AvgIpc) is 2.97. The van der Waals surface area contributed by atoms with E-state index in [1.165, 1.54) is 31.9 Å². The number of anilines is 1. The van der Waals surface area contributed by atoms with Gasteiger partial charge in [-0.05, 0) is 35.9 Å². The zero-order valence-corrected chi connectivity index (χ0v) is 23.3. The number of ether oxygens (including phenoxy) is 2. The maximum absolute atomic E-state index is 13.3. The Morgan fingerprint density at radius 2 is 1.51 bits per heavy atom. The molecule has 7 nitrogen and oxygen atoms in total. The molecule has 1 unspecified atom stereocenters. The van der Waals surface area contributed by atoms with Crippen LogP contribution in [0.25, 0.3) is 0 Å². The number of esters is 2. The van der Waals surface area contributed by atoms with E-state index in [2.05, 4.69) is 4.74 Å². The lowest BCUT2D eigenvalue weighted by Crippen LogP contribution is -2.56. The number of benzene rings is 3. The van der Waals surface area contributed by atoms with Gasteiger partial charge in [0.15, 0.2) is 5.78 Å². The van der Waals surface area contributed by atoms with Crippen LogP contribution in [0.1, 0.15) is 6.92 Å². The molecule has 1 heterocycles. The Balaban J connectivity index is 1.85. The molecule has 1 atom stereocenters. The van der Waals surface area contributed by atoms with E-state index in [0.717, 1.165) is 15.9 Å². The minimum absolute atomic E-state index is 0.0969. The van der Waals surface area contributed by atoms with E-state index < -0.39 is 18.8 Å². The van der Waals surface area contributed by atoms with Crippen molar-refractivity contribution in [2.75, 3.05) is 25.2 Å². The van der Waals surface area contributed by atoms with Crippen LogP contribution < -0.4 is 20.8 Å². The third-order valence-corrected chi connectivity index (χ3v) is 11.1. The van der Waals surface area contributed by atoms with Crippen molar-refractivity contribution in [2.45, 2.75) is 12.2 Å². The molecule has 200 valence electrons. The number of carbonyl (C=O) groups is 4. The number of rotatable bonds is 10. The molecule has 1 amide bonds. The van der Waals surface area contributed by atoms with Gasteiger partial charge in [-0.3, -0.25) is 9.59 Å². The Morgan fingerprint density at radius 1 is 0.923 bits per heavy atom. The number of hydrogen-bond donors (Lipinski definition) is 0. The van der Waals surface area contributed by atoms with Gasteiger partial charge in [-0.25, -0.2) is 9.59 Å². The van der Waals surface area contributed by atoms with E-state index in [-0.39, 0.29) is 23.5 Å². The van der Waals surface area contributed by atoms with Crippen LogP contribution in [-0.4, -0.2) is 54.9 Å². The normalized spacial score (nSPS) is 15.0. The molecule has 0 radical (unpaired) electrons. The Kier molecular flexibility index (Phi) is 9.23. The molecule has 1 fully saturated rings. The number of hydrogen-bond acceptors (Lipinski definition) is 7. The molecule has 3 aromatic rings. The number of Topliss-reactive ketones (excluding diaryl/α,β-unsaturated/α-hetero) is 1. The third kappa shape index (κ3) is 6.24. The number of para-hydroxylation sites is 1. The summed E-state index contributed by atoms with van der Waals surface area (Å²) in [7, 11) is 1.30. The predicted octanol–water partition coefficient (Wildman–Crippen LogP) is 3.05. The number of ketones is 1. The SMILES string of the molecule is COC(=O)/C=C\SC1CN(c2ccccc2P(=CC(=O)OCC(C)=O)(c2ccccc2)c2ccccc2)C1=O. The summed E-state index contributed by atoms with van der Waals surface area (Å²) < 4.78 is 9.94. The van der Waals surface area contributed by atoms with Crippen LogP contribution in [0.4, 0.5) is 5.69 Å². The lowest BCUT2D eigenvalue weighted by atomic mass is 10.1. The van der Waals surface area contributed by atoms with E-state index in [0.29, 0.717) is 12.2 Å². The molecular formula is C30H28NO6PS. The molecule has 0 bridgehead atoms. The summed E-state index contributed by atoms with van der Waals surface area (Å²) in [5.41, 5.74) is 0.702. The molecule has 1 aliphatic heterocycles. The molecule has 3 aromatic carbocycles. The highest BCUT2D eigenvalue weighted by Gasteiger charge is 2.40. The Bertz CT molecular complexity index is 1410. The van der Waals surface area contributed by atoms with Crippen molar-refractivity contribution < 1.29 is 28.7 Å². The van der Waals surface area contributed by atoms with Gasteiger partial charge in [-0.2, -0.15) is 0 Å². The molecule has 4 rings (SSSR count). The van der Waals surface area contributed by atoms with Crippen LogP contribution >= 0.6 is 18.6 Å². The van der Waals surface area contributed by atoms with Crippen LogP contribution in [0.3, 0.4) is 0 Å². The first-order valence-corrected chi connectivity index (χ1v) is 15.0. The van der Waals surface area contributed by atoms with Crippen LogP contribution in [0, 0.1) is 0 Å². The first-order chi connectivity index (χ1) is 18.9. The van der Waals surface area contributed by atoms with Gasteiger partial charge in [0.1, 0.15) is 11.9 Å². The molecule has 39 heavy (non-hydrogen) atoms. The Labute approximate surface area is 231 Å². The first kappa shape index (κ1) is 28.1. The van der Waals surface area contributed by atoms with E-state index in [1.54, 1.807) is 16.1 Å². The summed E-state index contributed by atoms with van der Waals surface area (Å²) >= 11 is 1.26. The molecule has 1 aliphatic rings. The average molecular weight is 562 g/mol. The molecule has 1 saturated heterocycles. The van der Waals surface area contributed by atoms with Crippen molar-refractivity contribution in [2.24, 2.45) is 0 Å². The minimum Gasteiger partial charge on any atom is -0.466 e. The number of carbonyl (C=O) groups excluding carboxylic acids is 4. The minimum atomic E-state index is -2.81. The fourth-order valence-electron chi connectivity index (χ4n) is 4.30. The zero-order valence-electron chi connectivity index (χ0n) is 21.6. The fraction of sp³-hybridized carbons (Fsp3) is 0.167. The standard InChI is InChI=1S/C30H28NO6PS/c1-22(32)20-37-29(34)21-38(23-11-5-3-6-12-23,24-13-7-4-8-14-24)26-16-10-9-15-25(26)31-19-27(30(31)35)39-18-17-28(33)36-2/h3-18,21,27H,19-20H2,1-2H3/b18-17-. The summed E-state index contributed by atoms with van der Waals surface area (Å²) in [6, 6.07) is 27.0. The maximum atomic E-state index is 13.3. The predicted molar refractivity (Wildman–Crippen MR) is 158 cm³/mol. The molecule has 0 spiro atoms. The van der Waals surface area contributed by atoms with Gasteiger partial charge >= 0.3 is 11.9 Å².